The third-order valence-corrected chi connectivity index (χ3v) is 5.45. The monoisotopic (exact) mass is 346 g/mol. The zero-order chi connectivity index (χ0) is 17.7. The van der Waals surface area contributed by atoms with Crippen molar-refractivity contribution in [2.45, 2.75) is 31.6 Å². The summed E-state index contributed by atoms with van der Waals surface area (Å²) in [5, 5.41) is 2.92. The second-order valence-corrected chi connectivity index (χ2v) is 7.53. The first-order valence-corrected chi connectivity index (χ1v) is 9.20. The van der Waals surface area contributed by atoms with Crippen LogP contribution in [-0.2, 0) is 21.2 Å². The van der Waals surface area contributed by atoms with E-state index in [-0.39, 0.29) is 10.8 Å². The Balaban J connectivity index is 1.96. The van der Waals surface area contributed by atoms with Crippen molar-refractivity contribution >= 4 is 21.6 Å². The molecule has 0 aliphatic rings. The average molecular weight is 346 g/mol. The van der Waals surface area contributed by atoms with Gasteiger partial charge in [0, 0.05) is 12.1 Å². The molecule has 0 aromatic heterocycles. The van der Waals surface area contributed by atoms with Gasteiger partial charge in [-0.25, -0.2) is 13.1 Å². The number of carbonyl (C=O) groups is 1. The number of anilines is 1. The lowest BCUT2D eigenvalue weighted by molar-refractivity contribution is -0.116. The maximum absolute atomic E-state index is 12.1. The number of sulfonamides is 1. The molecule has 0 fully saturated rings. The number of carbonyl (C=O) groups excluding carboxylic acids is 1. The van der Waals surface area contributed by atoms with E-state index in [2.05, 4.69) is 10.0 Å². The van der Waals surface area contributed by atoms with Crippen LogP contribution in [-0.4, -0.2) is 21.4 Å². The second kappa shape index (κ2) is 7.59. The number of hydrogen-bond donors (Lipinski definition) is 2. The largest absolute Gasteiger partial charge is 0.326 e. The van der Waals surface area contributed by atoms with E-state index in [4.69, 9.17) is 0 Å². The fourth-order valence-corrected chi connectivity index (χ4v) is 3.04. The van der Waals surface area contributed by atoms with Gasteiger partial charge in [-0.15, -0.1) is 0 Å². The van der Waals surface area contributed by atoms with Crippen LogP contribution in [0.1, 0.15) is 23.1 Å². The van der Waals surface area contributed by atoms with E-state index in [1.807, 2.05) is 32.0 Å². The molecule has 0 atom stereocenters. The van der Waals surface area contributed by atoms with Crippen molar-refractivity contribution in [2.75, 3.05) is 12.4 Å². The Morgan fingerprint density at radius 3 is 2.33 bits per heavy atom. The molecule has 0 bridgehead atoms. The molecule has 2 aromatic carbocycles. The maximum Gasteiger partial charge on any atom is 0.240 e. The first-order valence-electron chi connectivity index (χ1n) is 7.72. The lowest BCUT2D eigenvalue weighted by Crippen LogP contribution is -2.18. The Morgan fingerprint density at radius 2 is 1.71 bits per heavy atom. The van der Waals surface area contributed by atoms with Crippen LogP contribution in [0.3, 0.4) is 0 Å². The van der Waals surface area contributed by atoms with E-state index in [0.29, 0.717) is 12.8 Å². The number of benzene rings is 2. The molecule has 0 saturated carbocycles. The van der Waals surface area contributed by atoms with E-state index in [1.54, 1.807) is 24.3 Å². The van der Waals surface area contributed by atoms with Crippen molar-refractivity contribution in [3.05, 3.63) is 59.2 Å². The molecule has 6 heteroatoms. The molecule has 2 aromatic rings. The van der Waals surface area contributed by atoms with Crippen LogP contribution in [0.2, 0.25) is 0 Å². The highest BCUT2D eigenvalue weighted by molar-refractivity contribution is 7.89. The van der Waals surface area contributed by atoms with Gasteiger partial charge in [0.15, 0.2) is 0 Å². The van der Waals surface area contributed by atoms with Crippen LogP contribution in [0, 0.1) is 13.8 Å². The molecule has 5 nitrogen and oxygen atoms in total. The van der Waals surface area contributed by atoms with Crippen LogP contribution < -0.4 is 10.0 Å². The van der Waals surface area contributed by atoms with Gasteiger partial charge < -0.3 is 5.32 Å². The minimum absolute atomic E-state index is 0.0596. The highest BCUT2D eigenvalue weighted by atomic mass is 32.2. The molecule has 24 heavy (non-hydrogen) atoms. The molecule has 0 radical (unpaired) electrons. The summed E-state index contributed by atoms with van der Waals surface area (Å²) in [5.41, 5.74) is 3.94. The summed E-state index contributed by atoms with van der Waals surface area (Å²) in [6, 6.07) is 12.4. The number of nitrogens with one attached hydrogen (secondary N) is 2. The molecule has 2 N–H and O–H groups in total. The van der Waals surface area contributed by atoms with Crippen molar-refractivity contribution in [2.24, 2.45) is 0 Å². The summed E-state index contributed by atoms with van der Waals surface area (Å²) >= 11 is 0. The number of rotatable bonds is 6. The predicted octanol–water partition coefficient (Wildman–Crippen LogP) is 2.78. The molecular weight excluding hydrogens is 324 g/mol. The Morgan fingerprint density at radius 1 is 1.04 bits per heavy atom. The molecule has 0 spiro atoms. The zero-order valence-corrected chi connectivity index (χ0v) is 14.9. The Labute approximate surface area is 143 Å². The zero-order valence-electron chi connectivity index (χ0n) is 14.1. The fourth-order valence-electron chi connectivity index (χ4n) is 2.31. The summed E-state index contributed by atoms with van der Waals surface area (Å²) in [4.78, 5) is 12.3. The van der Waals surface area contributed by atoms with Gasteiger partial charge >= 0.3 is 0 Å². The number of hydrogen-bond acceptors (Lipinski definition) is 3. The topological polar surface area (TPSA) is 75.3 Å². The highest BCUT2D eigenvalue weighted by Crippen LogP contribution is 2.18. The van der Waals surface area contributed by atoms with Gasteiger partial charge in [-0.05, 0) is 62.2 Å². The van der Waals surface area contributed by atoms with Crippen LogP contribution in [0.25, 0.3) is 0 Å². The van der Waals surface area contributed by atoms with Gasteiger partial charge in [0.05, 0.1) is 4.90 Å². The lowest BCUT2D eigenvalue weighted by atomic mass is 10.1. The van der Waals surface area contributed by atoms with Crippen molar-refractivity contribution in [3.63, 3.8) is 0 Å². The summed E-state index contributed by atoms with van der Waals surface area (Å²) < 4.78 is 25.6. The standard InChI is InChI=1S/C18H22N2O3S/c1-13-5-4-6-17(14(13)2)20-18(21)12-9-15-7-10-16(11-8-15)24(22,23)19-3/h4-8,10-11,19H,9,12H2,1-3H3,(H,20,21). The van der Waals surface area contributed by atoms with Gasteiger partial charge in [-0.1, -0.05) is 24.3 Å². The van der Waals surface area contributed by atoms with Gasteiger partial charge in [-0.3, -0.25) is 4.79 Å². The van der Waals surface area contributed by atoms with Crippen molar-refractivity contribution in [1.29, 1.82) is 0 Å². The Hall–Kier alpha value is -2.18. The van der Waals surface area contributed by atoms with Crippen LogP contribution >= 0.6 is 0 Å². The lowest BCUT2D eigenvalue weighted by Gasteiger charge is -2.10. The van der Waals surface area contributed by atoms with E-state index in [1.165, 1.54) is 7.05 Å². The van der Waals surface area contributed by atoms with Crippen LogP contribution in [0.5, 0.6) is 0 Å². The molecular formula is C18H22N2O3S. The SMILES string of the molecule is CNS(=O)(=O)c1ccc(CCC(=O)Nc2cccc(C)c2C)cc1. The van der Waals surface area contributed by atoms with Gasteiger partial charge in [-0.2, -0.15) is 0 Å². The molecule has 0 aliphatic heterocycles. The summed E-state index contributed by atoms with van der Waals surface area (Å²) in [7, 11) is -2.05. The second-order valence-electron chi connectivity index (χ2n) is 5.65. The Kier molecular flexibility index (Phi) is 5.75. The van der Waals surface area contributed by atoms with Crippen LogP contribution in [0.15, 0.2) is 47.4 Å². The minimum Gasteiger partial charge on any atom is -0.326 e. The van der Waals surface area contributed by atoms with E-state index in [0.717, 1.165) is 22.4 Å². The first-order chi connectivity index (χ1) is 11.3. The van der Waals surface area contributed by atoms with Crippen molar-refractivity contribution < 1.29 is 13.2 Å². The van der Waals surface area contributed by atoms with Gasteiger partial charge in [0.1, 0.15) is 0 Å². The van der Waals surface area contributed by atoms with E-state index >= 15 is 0 Å². The molecule has 0 aliphatic carbocycles. The molecule has 0 unspecified atom stereocenters. The Bertz CT molecular complexity index is 828. The molecule has 1 amide bonds. The predicted molar refractivity (Wildman–Crippen MR) is 95.6 cm³/mol. The van der Waals surface area contributed by atoms with Crippen molar-refractivity contribution in [1.82, 2.24) is 4.72 Å². The average Bonchev–Trinajstić information content (AvgIpc) is 2.57. The minimum atomic E-state index is -3.43. The fraction of sp³-hybridized carbons (Fsp3) is 0.278. The molecule has 0 heterocycles. The van der Waals surface area contributed by atoms with Crippen LogP contribution in [0.4, 0.5) is 5.69 Å². The van der Waals surface area contributed by atoms with Gasteiger partial charge in [0.2, 0.25) is 15.9 Å². The summed E-state index contributed by atoms with van der Waals surface area (Å²) in [6.07, 6.45) is 0.891. The molecule has 128 valence electrons. The molecule has 2 rings (SSSR count). The number of aryl methyl sites for hydroxylation is 2. The van der Waals surface area contributed by atoms with E-state index < -0.39 is 10.0 Å². The highest BCUT2D eigenvalue weighted by Gasteiger charge is 2.11. The van der Waals surface area contributed by atoms with Crippen molar-refractivity contribution in [3.8, 4) is 0 Å². The third-order valence-electron chi connectivity index (χ3n) is 4.02. The molecule has 0 saturated heterocycles. The third kappa shape index (κ3) is 4.43. The van der Waals surface area contributed by atoms with Gasteiger partial charge in [0.25, 0.3) is 0 Å². The first kappa shape index (κ1) is 18.2. The normalized spacial score (nSPS) is 11.3. The summed E-state index contributed by atoms with van der Waals surface area (Å²) in [5.74, 6) is -0.0596. The quantitative estimate of drug-likeness (QED) is 0.844. The number of amides is 1. The van der Waals surface area contributed by atoms with E-state index in [9.17, 15) is 13.2 Å². The maximum atomic E-state index is 12.1. The smallest absolute Gasteiger partial charge is 0.240 e. The summed E-state index contributed by atoms with van der Waals surface area (Å²) in [6.45, 7) is 3.98.